The lowest BCUT2D eigenvalue weighted by Gasteiger charge is -2.23. The molecule has 1 aromatic heterocycles. The zero-order valence-electron chi connectivity index (χ0n) is 19.6. The van der Waals surface area contributed by atoms with Gasteiger partial charge >= 0.3 is 0 Å². The van der Waals surface area contributed by atoms with Crippen LogP contribution < -0.4 is 20.1 Å². The number of methoxy groups -OCH3 is 1. The number of hydrogen-bond acceptors (Lipinski definition) is 6. The summed E-state index contributed by atoms with van der Waals surface area (Å²) in [5.41, 5.74) is 2.90. The third-order valence-corrected chi connectivity index (χ3v) is 6.59. The number of carbonyl (C=O) groups excluding carboxylic acids is 1. The van der Waals surface area contributed by atoms with Crippen LogP contribution >= 0.6 is 11.3 Å². The predicted octanol–water partition coefficient (Wildman–Crippen LogP) is 5.78. The molecule has 176 valence electrons. The van der Waals surface area contributed by atoms with E-state index in [1.807, 2.05) is 58.0 Å². The number of amides is 1. The molecule has 0 aliphatic heterocycles. The van der Waals surface area contributed by atoms with Crippen molar-refractivity contribution in [2.75, 3.05) is 28.7 Å². The molecule has 3 rings (SSSR count). The maximum Gasteiger partial charge on any atom is 0.265 e. The molecule has 0 spiro atoms. The number of nitrogens with one attached hydrogen (secondary N) is 3. The van der Waals surface area contributed by atoms with E-state index in [9.17, 15) is 13.2 Å². The highest BCUT2D eigenvalue weighted by atomic mass is 32.2. The van der Waals surface area contributed by atoms with Gasteiger partial charge in [-0.15, -0.1) is 11.3 Å². The van der Waals surface area contributed by atoms with Crippen LogP contribution in [0.2, 0.25) is 0 Å². The molecule has 7 nitrogen and oxygen atoms in total. The van der Waals surface area contributed by atoms with Crippen LogP contribution in [0.1, 0.15) is 42.9 Å². The van der Waals surface area contributed by atoms with Crippen LogP contribution in [0.15, 0.2) is 48.7 Å². The lowest BCUT2D eigenvalue weighted by atomic mass is 9.86. The molecule has 0 fully saturated rings. The summed E-state index contributed by atoms with van der Waals surface area (Å²) >= 11 is 1.36. The Balaban J connectivity index is 2.05. The molecule has 0 saturated heterocycles. The third-order valence-electron chi connectivity index (χ3n) is 4.82. The van der Waals surface area contributed by atoms with Gasteiger partial charge in [-0.1, -0.05) is 39.5 Å². The summed E-state index contributed by atoms with van der Waals surface area (Å²) < 4.78 is 32.8. The largest absolute Gasteiger partial charge is 0.492 e. The molecule has 0 bridgehead atoms. The van der Waals surface area contributed by atoms with Crippen molar-refractivity contribution in [1.29, 1.82) is 0 Å². The Bertz CT molecular complexity index is 1340. The molecule has 0 aliphatic rings. The minimum absolute atomic E-state index is 0.243. The molecule has 1 heterocycles. The lowest BCUT2D eigenvalue weighted by Crippen LogP contribution is -2.18. The summed E-state index contributed by atoms with van der Waals surface area (Å²) in [5.74, 6) is -0.0698. The molecule has 0 aliphatic carbocycles. The van der Waals surface area contributed by atoms with E-state index in [2.05, 4.69) is 21.9 Å². The SMILES string of the molecule is C=C(C)Nc1cccc2cc(C(=O)Nc3cc(C(C)(C)C)cc(NS(C)(=O)=O)c3OC)sc12. The summed E-state index contributed by atoms with van der Waals surface area (Å²) in [6.07, 6.45) is 1.07. The van der Waals surface area contributed by atoms with Gasteiger partial charge in [0, 0.05) is 5.70 Å². The van der Waals surface area contributed by atoms with Gasteiger partial charge in [-0.25, -0.2) is 8.42 Å². The van der Waals surface area contributed by atoms with E-state index in [1.54, 1.807) is 6.07 Å². The van der Waals surface area contributed by atoms with Gasteiger partial charge in [0.25, 0.3) is 5.91 Å². The van der Waals surface area contributed by atoms with Gasteiger partial charge in [0.15, 0.2) is 5.75 Å². The van der Waals surface area contributed by atoms with Gasteiger partial charge in [0.05, 0.1) is 40.0 Å². The zero-order chi connectivity index (χ0) is 24.6. The topological polar surface area (TPSA) is 96.5 Å². The molecule has 1 amide bonds. The average molecular weight is 488 g/mol. The Morgan fingerprint density at radius 2 is 1.73 bits per heavy atom. The van der Waals surface area contributed by atoms with E-state index in [-0.39, 0.29) is 22.8 Å². The number of rotatable bonds is 7. The first-order valence-corrected chi connectivity index (χ1v) is 13.0. The number of fused-ring (bicyclic) bond motifs is 1. The molecule has 3 aromatic rings. The Hall–Kier alpha value is -3.04. The first kappa shape index (κ1) is 24.6. The highest BCUT2D eigenvalue weighted by molar-refractivity contribution is 7.92. The van der Waals surface area contributed by atoms with Gasteiger partial charge < -0.3 is 15.4 Å². The van der Waals surface area contributed by atoms with E-state index >= 15 is 0 Å². The second kappa shape index (κ2) is 9.07. The summed E-state index contributed by atoms with van der Waals surface area (Å²) in [4.78, 5) is 13.7. The van der Waals surface area contributed by atoms with Crippen LogP contribution in [0.3, 0.4) is 0 Å². The number of hydrogen-bond donors (Lipinski definition) is 3. The van der Waals surface area contributed by atoms with Crippen LogP contribution in [0.25, 0.3) is 10.1 Å². The predicted molar refractivity (Wildman–Crippen MR) is 138 cm³/mol. The third kappa shape index (κ3) is 5.85. The van der Waals surface area contributed by atoms with Crippen LogP contribution in [-0.2, 0) is 15.4 Å². The second-order valence-electron chi connectivity index (χ2n) is 8.92. The Morgan fingerprint density at radius 1 is 1.06 bits per heavy atom. The van der Waals surface area contributed by atoms with Gasteiger partial charge in [-0.05, 0) is 47.6 Å². The Labute approximate surface area is 198 Å². The molecule has 0 saturated carbocycles. The fourth-order valence-electron chi connectivity index (χ4n) is 3.34. The van der Waals surface area contributed by atoms with E-state index < -0.39 is 10.0 Å². The summed E-state index contributed by atoms with van der Waals surface area (Å²) in [7, 11) is -2.12. The lowest BCUT2D eigenvalue weighted by molar-refractivity contribution is 0.103. The molecular formula is C24H29N3O4S2. The zero-order valence-corrected chi connectivity index (χ0v) is 21.3. The van der Waals surface area contributed by atoms with E-state index in [4.69, 9.17) is 4.74 Å². The van der Waals surface area contributed by atoms with Gasteiger partial charge in [0.1, 0.15) is 0 Å². The number of thiophene rings is 1. The summed E-state index contributed by atoms with van der Waals surface area (Å²) in [5, 5.41) is 7.07. The minimum atomic E-state index is -3.56. The summed E-state index contributed by atoms with van der Waals surface area (Å²) in [6, 6.07) is 11.2. The van der Waals surface area contributed by atoms with Crippen LogP contribution in [0, 0.1) is 0 Å². The standard InChI is InChI=1S/C24H29N3O4S2/c1-14(2)25-17-10-8-9-15-11-20(32-22(15)17)23(28)26-18-12-16(24(3,4)5)13-19(21(18)31-6)27-33(7,29)30/h8-13,25,27H,1H2,2-7H3,(H,26,28). The minimum Gasteiger partial charge on any atom is -0.492 e. The molecule has 33 heavy (non-hydrogen) atoms. The number of ether oxygens (including phenoxy) is 1. The van der Waals surface area contributed by atoms with E-state index in [0.29, 0.717) is 10.6 Å². The number of anilines is 3. The van der Waals surface area contributed by atoms with Crippen molar-refractivity contribution in [2.45, 2.75) is 33.1 Å². The van der Waals surface area contributed by atoms with Crippen molar-refractivity contribution in [3.63, 3.8) is 0 Å². The monoisotopic (exact) mass is 487 g/mol. The maximum absolute atomic E-state index is 13.2. The van der Waals surface area contributed by atoms with E-state index in [1.165, 1.54) is 18.4 Å². The molecule has 0 radical (unpaired) electrons. The highest BCUT2D eigenvalue weighted by Gasteiger charge is 2.23. The molecule has 3 N–H and O–H groups in total. The number of benzene rings is 2. The average Bonchev–Trinajstić information content (AvgIpc) is 3.11. The first-order chi connectivity index (χ1) is 15.3. The fraction of sp³-hybridized carbons (Fsp3) is 0.292. The van der Waals surface area contributed by atoms with E-state index in [0.717, 1.165) is 33.3 Å². The van der Waals surface area contributed by atoms with Crippen LogP contribution in [-0.4, -0.2) is 27.7 Å². The quantitative estimate of drug-likeness (QED) is 0.393. The normalized spacial score (nSPS) is 11.8. The molecule has 0 unspecified atom stereocenters. The van der Waals surface area contributed by atoms with Crippen molar-refractivity contribution in [3.05, 3.63) is 59.1 Å². The van der Waals surface area contributed by atoms with Crippen molar-refractivity contribution < 1.29 is 17.9 Å². The first-order valence-electron chi connectivity index (χ1n) is 10.3. The molecular weight excluding hydrogens is 458 g/mol. The van der Waals surface area contributed by atoms with Crippen molar-refractivity contribution in [1.82, 2.24) is 0 Å². The Morgan fingerprint density at radius 3 is 2.30 bits per heavy atom. The molecule has 0 atom stereocenters. The van der Waals surface area contributed by atoms with Crippen LogP contribution in [0.4, 0.5) is 17.1 Å². The number of carbonyl (C=O) groups is 1. The highest BCUT2D eigenvalue weighted by Crippen LogP contribution is 2.40. The van der Waals surface area contributed by atoms with Gasteiger partial charge in [-0.2, -0.15) is 0 Å². The number of allylic oxidation sites excluding steroid dienone is 1. The second-order valence-corrected chi connectivity index (χ2v) is 11.7. The molecule has 2 aromatic carbocycles. The van der Waals surface area contributed by atoms with Crippen molar-refractivity contribution >= 4 is 54.4 Å². The summed E-state index contributed by atoms with van der Waals surface area (Å²) in [6.45, 7) is 11.8. The Kier molecular flexibility index (Phi) is 6.76. The smallest absolute Gasteiger partial charge is 0.265 e. The fourth-order valence-corrected chi connectivity index (χ4v) is 4.91. The van der Waals surface area contributed by atoms with Crippen molar-refractivity contribution in [3.8, 4) is 5.75 Å². The maximum atomic E-state index is 13.2. The molecule has 9 heteroatoms. The van der Waals surface area contributed by atoms with Gasteiger partial charge in [0.2, 0.25) is 10.0 Å². The van der Waals surface area contributed by atoms with Crippen LogP contribution in [0.5, 0.6) is 5.75 Å². The number of sulfonamides is 1. The van der Waals surface area contributed by atoms with Crippen molar-refractivity contribution in [2.24, 2.45) is 0 Å². The van der Waals surface area contributed by atoms with Gasteiger partial charge in [-0.3, -0.25) is 9.52 Å².